The van der Waals surface area contributed by atoms with Crippen LogP contribution >= 0.6 is 0 Å². The first-order valence-electron chi connectivity index (χ1n) is 8.34. The Hall–Kier alpha value is -1.74. The van der Waals surface area contributed by atoms with Crippen molar-refractivity contribution < 1.29 is 9.15 Å². The van der Waals surface area contributed by atoms with E-state index in [0.717, 1.165) is 37.6 Å². The normalized spacial score (nSPS) is 10.8. The van der Waals surface area contributed by atoms with Gasteiger partial charge in [0.1, 0.15) is 11.5 Å². The third kappa shape index (κ3) is 5.94. The van der Waals surface area contributed by atoms with Gasteiger partial charge in [-0.2, -0.15) is 0 Å². The maximum atomic E-state index is 5.94. The number of nitrogens with one attached hydrogen (secondary N) is 1. The molecular formula is C19H27NO2. The molecule has 120 valence electrons. The smallest absolute Gasteiger partial charge is 0.123 e. The van der Waals surface area contributed by atoms with Crippen LogP contribution in [0.25, 0.3) is 0 Å². The van der Waals surface area contributed by atoms with Crippen molar-refractivity contribution in [2.75, 3.05) is 6.61 Å². The maximum absolute atomic E-state index is 5.94. The van der Waals surface area contributed by atoms with Gasteiger partial charge in [-0.1, -0.05) is 50.8 Å². The van der Waals surface area contributed by atoms with Gasteiger partial charge in [-0.15, -0.1) is 0 Å². The zero-order chi connectivity index (χ0) is 15.5. The molecule has 0 atom stereocenters. The SMILES string of the molecule is CCCCCCCOc1ccccc1CNCc1ccco1. The molecule has 0 fully saturated rings. The van der Waals surface area contributed by atoms with Crippen LogP contribution in [-0.4, -0.2) is 6.61 Å². The number of benzene rings is 1. The van der Waals surface area contributed by atoms with E-state index in [1.807, 2.05) is 18.2 Å². The van der Waals surface area contributed by atoms with Gasteiger partial charge in [-0.05, 0) is 24.6 Å². The number of para-hydroxylation sites is 1. The van der Waals surface area contributed by atoms with Crippen LogP contribution in [0, 0.1) is 0 Å². The third-order valence-corrected chi connectivity index (χ3v) is 3.67. The highest BCUT2D eigenvalue weighted by molar-refractivity contribution is 5.33. The first-order valence-corrected chi connectivity index (χ1v) is 8.34. The molecule has 0 bridgehead atoms. The highest BCUT2D eigenvalue weighted by Gasteiger charge is 2.03. The van der Waals surface area contributed by atoms with Crippen LogP contribution in [0.2, 0.25) is 0 Å². The summed E-state index contributed by atoms with van der Waals surface area (Å²) < 4.78 is 11.3. The lowest BCUT2D eigenvalue weighted by atomic mass is 10.1. The van der Waals surface area contributed by atoms with Gasteiger partial charge in [-0.25, -0.2) is 0 Å². The fraction of sp³-hybridized carbons (Fsp3) is 0.474. The fourth-order valence-electron chi connectivity index (χ4n) is 2.41. The van der Waals surface area contributed by atoms with E-state index < -0.39 is 0 Å². The molecule has 0 aliphatic carbocycles. The van der Waals surface area contributed by atoms with Gasteiger partial charge < -0.3 is 14.5 Å². The van der Waals surface area contributed by atoms with Crippen molar-refractivity contribution >= 4 is 0 Å². The number of hydrogen-bond acceptors (Lipinski definition) is 3. The number of ether oxygens (including phenoxy) is 1. The summed E-state index contributed by atoms with van der Waals surface area (Å²) in [6, 6.07) is 12.1. The van der Waals surface area contributed by atoms with Gasteiger partial charge in [0.15, 0.2) is 0 Å². The van der Waals surface area contributed by atoms with Crippen LogP contribution in [0.15, 0.2) is 47.1 Å². The minimum atomic E-state index is 0.734. The molecular weight excluding hydrogens is 274 g/mol. The van der Waals surface area contributed by atoms with Gasteiger partial charge >= 0.3 is 0 Å². The van der Waals surface area contributed by atoms with Crippen LogP contribution in [0.4, 0.5) is 0 Å². The Balaban J connectivity index is 1.72. The van der Waals surface area contributed by atoms with E-state index in [-0.39, 0.29) is 0 Å². The molecule has 0 radical (unpaired) electrons. The Bertz CT molecular complexity index is 508. The van der Waals surface area contributed by atoms with Crippen LogP contribution in [0.5, 0.6) is 5.75 Å². The molecule has 1 heterocycles. The molecule has 2 aromatic rings. The molecule has 0 aliphatic rings. The molecule has 1 N–H and O–H groups in total. The molecule has 0 aliphatic heterocycles. The molecule has 3 nitrogen and oxygen atoms in total. The standard InChI is InChI=1S/C19H27NO2/c1-2-3-4-5-8-13-22-19-12-7-6-10-17(19)15-20-16-18-11-9-14-21-18/h6-7,9-12,14,20H,2-5,8,13,15-16H2,1H3. The van der Waals surface area contributed by atoms with Crippen molar-refractivity contribution in [2.24, 2.45) is 0 Å². The van der Waals surface area contributed by atoms with E-state index in [9.17, 15) is 0 Å². The predicted octanol–water partition coefficient (Wildman–Crippen LogP) is 4.92. The van der Waals surface area contributed by atoms with Crippen molar-refractivity contribution in [3.8, 4) is 5.75 Å². The Morgan fingerprint density at radius 3 is 2.64 bits per heavy atom. The monoisotopic (exact) mass is 301 g/mol. The minimum Gasteiger partial charge on any atom is -0.493 e. The average Bonchev–Trinajstić information content (AvgIpc) is 3.05. The Morgan fingerprint density at radius 1 is 0.955 bits per heavy atom. The van der Waals surface area contributed by atoms with E-state index in [1.165, 1.54) is 31.2 Å². The first-order chi connectivity index (χ1) is 10.9. The zero-order valence-electron chi connectivity index (χ0n) is 13.5. The van der Waals surface area contributed by atoms with Crippen LogP contribution in [0.3, 0.4) is 0 Å². The summed E-state index contributed by atoms with van der Waals surface area (Å²) in [5.74, 6) is 1.94. The summed E-state index contributed by atoms with van der Waals surface area (Å²) in [6.45, 7) is 4.56. The second-order valence-corrected chi connectivity index (χ2v) is 5.55. The summed E-state index contributed by atoms with van der Waals surface area (Å²) >= 11 is 0. The predicted molar refractivity (Wildman–Crippen MR) is 89.9 cm³/mol. The quantitative estimate of drug-likeness (QED) is 0.598. The van der Waals surface area contributed by atoms with Gasteiger partial charge in [-0.3, -0.25) is 0 Å². The Labute approximate surface area is 133 Å². The molecule has 0 saturated carbocycles. The van der Waals surface area contributed by atoms with Crippen molar-refractivity contribution in [1.82, 2.24) is 5.32 Å². The van der Waals surface area contributed by atoms with E-state index in [2.05, 4.69) is 30.4 Å². The van der Waals surface area contributed by atoms with Crippen molar-refractivity contribution in [2.45, 2.75) is 52.1 Å². The second-order valence-electron chi connectivity index (χ2n) is 5.55. The third-order valence-electron chi connectivity index (χ3n) is 3.67. The first kappa shape index (κ1) is 16.6. The van der Waals surface area contributed by atoms with Gasteiger partial charge in [0.2, 0.25) is 0 Å². The molecule has 3 heteroatoms. The minimum absolute atomic E-state index is 0.734. The van der Waals surface area contributed by atoms with Gasteiger partial charge in [0.25, 0.3) is 0 Å². The number of furan rings is 1. The number of rotatable bonds is 11. The Kier molecular flexibility index (Phi) is 7.61. The zero-order valence-corrected chi connectivity index (χ0v) is 13.5. The van der Waals surface area contributed by atoms with E-state index in [4.69, 9.17) is 9.15 Å². The van der Waals surface area contributed by atoms with Crippen LogP contribution in [-0.2, 0) is 13.1 Å². The topological polar surface area (TPSA) is 34.4 Å². The lowest BCUT2D eigenvalue weighted by molar-refractivity contribution is 0.300. The van der Waals surface area contributed by atoms with Gasteiger partial charge in [0.05, 0.1) is 19.4 Å². The molecule has 0 unspecified atom stereocenters. The summed E-state index contributed by atoms with van der Waals surface area (Å²) in [4.78, 5) is 0. The van der Waals surface area contributed by atoms with E-state index in [1.54, 1.807) is 6.26 Å². The van der Waals surface area contributed by atoms with Crippen molar-refractivity contribution in [3.63, 3.8) is 0 Å². The highest BCUT2D eigenvalue weighted by atomic mass is 16.5. The van der Waals surface area contributed by atoms with Crippen LogP contribution in [0.1, 0.15) is 50.4 Å². The molecule has 22 heavy (non-hydrogen) atoms. The maximum Gasteiger partial charge on any atom is 0.123 e. The highest BCUT2D eigenvalue weighted by Crippen LogP contribution is 2.18. The largest absolute Gasteiger partial charge is 0.493 e. The summed E-state index contributed by atoms with van der Waals surface area (Å²) in [5.41, 5.74) is 1.20. The summed E-state index contributed by atoms with van der Waals surface area (Å²) in [7, 11) is 0. The van der Waals surface area contributed by atoms with Crippen molar-refractivity contribution in [1.29, 1.82) is 0 Å². The summed E-state index contributed by atoms with van der Waals surface area (Å²) in [5, 5.41) is 3.39. The summed E-state index contributed by atoms with van der Waals surface area (Å²) in [6.07, 6.45) is 8.01. The average molecular weight is 301 g/mol. The fourth-order valence-corrected chi connectivity index (χ4v) is 2.41. The van der Waals surface area contributed by atoms with Gasteiger partial charge in [0, 0.05) is 12.1 Å². The van der Waals surface area contributed by atoms with E-state index >= 15 is 0 Å². The molecule has 1 aromatic heterocycles. The molecule has 0 amide bonds. The molecule has 0 spiro atoms. The molecule has 1 aromatic carbocycles. The molecule has 0 saturated heterocycles. The van der Waals surface area contributed by atoms with E-state index in [0.29, 0.717) is 0 Å². The lowest BCUT2D eigenvalue weighted by Gasteiger charge is -2.12. The number of hydrogen-bond donors (Lipinski definition) is 1. The lowest BCUT2D eigenvalue weighted by Crippen LogP contribution is -2.13. The second kappa shape index (κ2) is 10.1. The van der Waals surface area contributed by atoms with Crippen LogP contribution < -0.4 is 10.1 Å². The molecule has 2 rings (SSSR count). The van der Waals surface area contributed by atoms with Crippen molar-refractivity contribution in [3.05, 3.63) is 54.0 Å². The Morgan fingerprint density at radius 2 is 1.82 bits per heavy atom. The number of unbranched alkanes of at least 4 members (excludes halogenated alkanes) is 4.